The smallest absolute Gasteiger partial charge is 0.203 e. The van der Waals surface area contributed by atoms with E-state index in [4.69, 9.17) is 0 Å². The highest BCUT2D eigenvalue weighted by Gasteiger charge is 2.11. The maximum atomic E-state index is 12.4. The Morgan fingerprint density at radius 1 is 1.05 bits per heavy atom. The summed E-state index contributed by atoms with van der Waals surface area (Å²) in [4.78, 5) is 14.4. The fourth-order valence-electron chi connectivity index (χ4n) is 2.04. The number of anilines is 1. The van der Waals surface area contributed by atoms with Gasteiger partial charge < -0.3 is 4.90 Å². The third-order valence-electron chi connectivity index (χ3n) is 3.40. The van der Waals surface area contributed by atoms with Crippen molar-refractivity contribution in [2.75, 3.05) is 19.0 Å². The van der Waals surface area contributed by atoms with Gasteiger partial charge in [-0.25, -0.2) is 0 Å². The van der Waals surface area contributed by atoms with Gasteiger partial charge >= 0.3 is 0 Å². The average molecular weight is 290 g/mol. The van der Waals surface area contributed by atoms with Crippen molar-refractivity contribution >= 4 is 17.5 Å². The molecule has 0 N–H and O–H groups in total. The molecule has 0 heterocycles. The van der Waals surface area contributed by atoms with Crippen molar-refractivity contribution in [1.29, 1.82) is 5.26 Å². The summed E-state index contributed by atoms with van der Waals surface area (Å²) >= 11 is 0. The minimum Gasteiger partial charge on any atom is -0.378 e. The highest BCUT2D eigenvalue weighted by molar-refractivity contribution is 6.14. The van der Waals surface area contributed by atoms with Gasteiger partial charge in [-0.1, -0.05) is 42.0 Å². The maximum Gasteiger partial charge on any atom is 0.203 e. The lowest BCUT2D eigenvalue weighted by atomic mass is 10.0. The first-order valence-electron chi connectivity index (χ1n) is 7.02. The summed E-state index contributed by atoms with van der Waals surface area (Å²) in [5.74, 6) is -0.251. The number of benzene rings is 2. The van der Waals surface area contributed by atoms with Crippen molar-refractivity contribution in [3.8, 4) is 6.07 Å². The van der Waals surface area contributed by atoms with E-state index in [1.807, 2.05) is 68.4 Å². The molecule has 3 heteroatoms. The van der Waals surface area contributed by atoms with E-state index in [0.717, 1.165) is 16.8 Å². The maximum absolute atomic E-state index is 12.4. The molecule has 0 unspecified atom stereocenters. The van der Waals surface area contributed by atoms with E-state index < -0.39 is 0 Å². The van der Waals surface area contributed by atoms with Gasteiger partial charge in [0.15, 0.2) is 0 Å². The van der Waals surface area contributed by atoms with Crippen LogP contribution in [0.3, 0.4) is 0 Å². The number of rotatable bonds is 4. The van der Waals surface area contributed by atoms with E-state index in [9.17, 15) is 10.1 Å². The largest absolute Gasteiger partial charge is 0.378 e. The number of hydrogen-bond donors (Lipinski definition) is 0. The highest BCUT2D eigenvalue weighted by Crippen LogP contribution is 2.16. The molecule has 0 fully saturated rings. The minimum atomic E-state index is -0.251. The fourth-order valence-corrected chi connectivity index (χ4v) is 2.04. The lowest BCUT2D eigenvalue weighted by Crippen LogP contribution is -2.08. The molecular weight excluding hydrogens is 272 g/mol. The van der Waals surface area contributed by atoms with Crippen LogP contribution in [0.25, 0.3) is 6.08 Å². The van der Waals surface area contributed by atoms with Crippen molar-refractivity contribution in [3.05, 3.63) is 70.8 Å². The second-order valence-corrected chi connectivity index (χ2v) is 5.35. The second kappa shape index (κ2) is 6.73. The molecule has 0 atom stereocenters. The molecule has 2 rings (SSSR count). The summed E-state index contributed by atoms with van der Waals surface area (Å²) in [6, 6.07) is 16.9. The Balaban J connectivity index is 2.29. The Morgan fingerprint density at radius 2 is 1.64 bits per heavy atom. The molecule has 110 valence electrons. The summed E-state index contributed by atoms with van der Waals surface area (Å²) in [7, 11) is 3.93. The zero-order valence-electron chi connectivity index (χ0n) is 13.0. The number of carbonyl (C=O) groups is 1. The van der Waals surface area contributed by atoms with E-state index in [1.54, 1.807) is 18.2 Å². The molecule has 0 aromatic heterocycles. The van der Waals surface area contributed by atoms with Crippen LogP contribution in [0.5, 0.6) is 0 Å². The third kappa shape index (κ3) is 3.62. The Kier molecular flexibility index (Phi) is 4.75. The topological polar surface area (TPSA) is 44.1 Å². The molecular formula is C19H18N2O. The normalized spacial score (nSPS) is 10.9. The number of carbonyl (C=O) groups excluding carboxylic acids is 1. The highest BCUT2D eigenvalue weighted by atomic mass is 16.1. The summed E-state index contributed by atoms with van der Waals surface area (Å²) in [5, 5.41) is 9.27. The van der Waals surface area contributed by atoms with Crippen LogP contribution in [0.15, 0.2) is 54.1 Å². The summed E-state index contributed by atoms with van der Waals surface area (Å²) in [5.41, 5.74) is 3.66. The number of Topliss-reactive ketones (excluding diaryl/α,β-unsaturated/α-hetero) is 1. The van der Waals surface area contributed by atoms with E-state index >= 15 is 0 Å². The molecule has 2 aromatic carbocycles. The molecule has 3 nitrogen and oxygen atoms in total. The van der Waals surface area contributed by atoms with E-state index in [1.165, 1.54) is 0 Å². The van der Waals surface area contributed by atoms with Gasteiger partial charge in [0.1, 0.15) is 11.6 Å². The Labute approximate surface area is 131 Å². The molecule has 0 amide bonds. The summed E-state index contributed by atoms with van der Waals surface area (Å²) in [6.07, 6.45) is 1.63. The predicted octanol–water partition coefficient (Wildman–Crippen LogP) is 3.85. The first-order valence-corrected chi connectivity index (χ1v) is 7.02. The van der Waals surface area contributed by atoms with Gasteiger partial charge in [-0.2, -0.15) is 5.26 Å². The summed E-state index contributed by atoms with van der Waals surface area (Å²) in [6.45, 7) is 1.96. The average Bonchev–Trinajstić information content (AvgIpc) is 2.53. The molecule has 0 aliphatic rings. The number of aryl methyl sites for hydroxylation is 1. The molecule has 0 bridgehead atoms. The third-order valence-corrected chi connectivity index (χ3v) is 3.40. The SMILES string of the molecule is Cc1ccc(C(=O)/C(C#N)=C/c2ccc(N(C)C)cc2)cc1. The Morgan fingerprint density at radius 3 is 2.14 bits per heavy atom. The lowest BCUT2D eigenvalue weighted by molar-refractivity contribution is 0.104. The molecule has 0 aliphatic heterocycles. The summed E-state index contributed by atoms with van der Waals surface area (Å²) < 4.78 is 0. The molecule has 0 saturated carbocycles. The van der Waals surface area contributed by atoms with Crippen molar-refractivity contribution in [2.45, 2.75) is 6.92 Å². The van der Waals surface area contributed by atoms with Crippen LogP contribution in [0.2, 0.25) is 0 Å². The lowest BCUT2D eigenvalue weighted by Gasteiger charge is -2.11. The molecule has 22 heavy (non-hydrogen) atoms. The zero-order chi connectivity index (χ0) is 16.1. The molecule has 0 aliphatic carbocycles. The number of allylic oxidation sites excluding steroid dienone is 1. The quantitative estimate of drug-likeness (QED) is 0.488. The van der Waals surface area contributed by atoms with Crippen molar-refractivity contribution in [1.82, 2.24) is 0 Å². The number of nitriles is 1. The molecule has 0 spiro atoms. The van der Waals surface area contributed by atoms with Gasteiger partial charge in [-0.15, -0.1) is 0 Å². The van der Waals surface area contributed by atoms with Gasteiger partial charge in [0, 0.05) is 25.3 Å². The van der Waals surface area contributed by atoms with Crippen molar-refractivity contribution in [2.24, 2.45) is 0 Å². The molecule has 2 aromatic rings. The van der Waals surface area contributed by atoms with Crippen LogP contribution in [0.4, 0.5) is 5.69 Å². The van der Waals surface area contributed by atoms with Gasteiger partial charge in [0.2, 0.25) is 5.78 Å². The van der Waals surface area contributed by atoms with Gasteiger partial charge in [0.25, 0.3) is 0 Å². The van der Waals surface area contributed by atoms with Crippen LogP contribution in [-0.4, -0.2) is 19.9 Å². The van der Waals surface area contributed by atoms with E-state index in [0.29, 0.717) is 5.56 Å². The van der Waals surface area contributed by atoms with E-state index in [-0.39, 0.29) is 11.4 Å². The number of ketones is 1. The number of hydrogen-bond acceptors (Lipinski definition) is 3. The first-order chi connectivity index (χ1) is 10.5. The molecule has 0 radical (unpaired) electrons. The standard InChI is InChI=1S/C19H18N2O/c1-14-4-8-16(9-5-14)19(22)17(13-20)12-15-6-10-18(11-7-15)21(2)3/h4-12H,1-3H3/b17-12+. The van der Waals surface area contributed by atoms with Crippen LogP contribution >= 0.6 is 0 Å². The van der Waals surface area contributed by atoms with Crippen LogP contribution < -0.4 is 4.90 Å². The Hall–Kier alpha value is -2.86. The fraction of sp³-hybridized carbons (Fsp3) is 0.158. The second-order valence-electron chi connectivity index (χ2n) is 5.35. The monoisotopic (exact) mass is 290 g/mol. The zero-order valence-corrected chi connectivity index (χ0v) is 13.0. The Bertz CT molecular complexity index is 732. The predicted molar refractivity (Wildman–Crippen MR) is 89.9 cm³/mol. The van der Waals surface area contributed by atoms with Gasteiger partial charge in [-0.05, 0) is 30.7 Å². The first kappa shape index (κ1) is 15.5. The molecule has 0 saturated heterocycles. The van der Waals surface area contributed by atoms with Crippen molar-refractivity contribution in [3.63, 3.8) is 0 Å². The van der Waals surface area contributed by atoms with E-state index in [2.05, 4.69) is 0 Å². The van der Waals surface area contributed by atoms with Crippen LogP contribution in [0, 0.1) is 18.3 Å². The van der Waals surface area contributed by atoms with Crippen LogP contribution in [-0.2, 0) is 0 Å². The van der Waals surface area contributed by atoms with Gasteiger partial charge in [-0.3, -0.25) is 4.79 Å². The van der Waals surface area contributed by atoms with Crippen LogP contribution in [0.1, 0.15) is 21.5 Å². The van der Waals surface area contributed by atoms with Gasteiger partial charge in [0.05, 0.1) is 0 Å². The minimum absolute atomic E-state index is 0.140. The van der Waals surface area contributed by atoms with Crippen molar-refractivity contribution < 1.29 is 4.79 Å². The number of nitrogens with zero attached hydrogens (tertiary/aromatic N) is 2.